The van der Waals surface area contributed by atoms with Crippen molar-refractivity contribution in [1.82, 2.24) is 10.3 Å². The second-order valence-electron chi connectivity index (χ2n) is 3.40. The highest BCUT2D eigenvalue weighted by Crippen LogP contribution is 1.99. The van der Waals surface area contributed by atoms with Gasteiger partial charge in [-0.3, -0.25) is 9.78 Å². The van der Waals surface area contributed by atoms with E-state index in [1.54, 1.807) is 24.5 Å². The Morgan fingerprint density at radius 2 is 2.14 bits per heavy atom. The molecule has 0 radical (unpaired) electrons. The van der Waals surface area contributed by atoms with Gasteiger partial charge >= 0.3 is 0 Å². The Labute approximate surface area is 84.6 Å². The second-order valence-corrected chi connectivity index (χ2v) is 3.40. The molecule has 0 unspecified atom stereocenters. The van der Waals surface area contributed by atoms with Crippen molar-refractivity contribution >= 4 is 5.91 Å². The summed E-state index contributed by atoms with van der Waals surface area (Å²) in [5.41, 5.74) is 0.669. The molecule has 1 aromatic rings. The summed E-state index contributed by atoms with van der Waals surface area (Å²) in [6.45, 7) is 4.12. The van der Waals surface area contributed by atoms with Crippen LogP contribution in [0.25, 0.3) is 0 Å². The van der Waals surface area contributed by atoms with Crippen LogP contribution in [0.1, 0.15) is 37.0 Å². The number of pyridine rings is 1. The highest BCUT2D eigenvalue weighted by Gasteiger charge is 2.07. The number of carbonyl (C=O) groups excluding carboxylic acids is 1. The minimum Gasteiger partial charge on any atom is -0.350 e. The summed E-state index contributed by atoms with van der Waals surface area (Å²) in [6.07, 6.45) is 5.34. The van der Waals surface area contributed by atoms with Crippen LogP contribution in [0.5, 0.6) is 0 Å². The van der Waals surface area contributed by atoms with E-state index in [1.165, 1.54) is 0 Å². The van der Waals surface area contributed by atoms with Gasteiger partial charge in [0.2, 0.25) is 0 Å². The molecule has 0 aliphatic heterocycles. The van der Waals surface area contributed by atoms with Gasteiger partial charge in [0.15, 0.2) is 0 Å². The van der Waals surface area contributed by atoms with Crippen LogP contribution in [0.3, 0.4) is 0 Å². The molecule has 1 amide bonds. The Kier molecular flexibility index (Phi) is 4.11. The van der Waals surface area contributed by atoms with E-state index in [1.807, 2.05) is 6.92 Å². The highest BCUT2D eigenvalue weighted by molar-refractivity contribution is 5.94. The largest absolute Gasteiger partial charge is 0.350 e. The maximum Gasteiger partial charge on any atom is 0.251 e. The molecule has 1 aromatic heterocycles. The van der Waals surface area contributed by atoms with E-state index in [4.69, 9.17) is 0 Å². The third-order valence-corrected chi connectivity index (χ3v) is 2.04. The third-order valence-electron chi connectivity index (χ3n) is 2.04. The van der Waals surface area contributed by atoms with Gasteiger partial charge in [0.1, 0.15) is 0 Å². The van der Waals surface area contributed by atoms with Crippen LogP contribution in [0, 0.1) is 0 Å². The number of hydrogen-bond acceptors (Lipinski definition) is 2. The van der Waals surface area contributed by atoms with Crippen molar-refractivity contribution in [1.29, 1.82) is 0 Å². The molecule has 1 heterocycles. The van der Waals surface area contributed by atoms with Crippen molar-refractivity contribution in [3.63, 3.8) is 0 Å². The van der Waals surface area contributed by atoms with Crippen LogP contribution in [-0.4, -0.2) is 16.9 Å². The van der Waals surface area contributed by atoms with E-state index < -0.39 is 0 Å². The average molecular weight is 192 g/mol. The lowest BCUT2D eigenvalue weighted by Gasteiger charge is -2.12. The summed E-state index contributed by atoms with van der Waals surface area (Å²) < 4.78 is 0. The molecule has 0 bridgehead atoms. The molecule has 0 saturated carbocycles. The summed E-state index contributed by atoms with van der Waals surface area (Å²) in [4.78, 5) is 15.5. The fraction of sp³-hybridized carbons (Fsp3) is 0.455. The zero-order valence-corrected chi connectivity index (χ0v) is 8.66. The van der Waals surface area contributed by atoms with Crippen molar-refractivity contribution in [3.8, 4) is 0 Å². The van der Waals surface area contributed by atoms with E-state index in [0.29, 0.717) is 5.56 Å². The van der Waals surface area contributed by atoms with Crippen LogP contribution in [0.15, 0.2) is 24.5 Å². The lowest BCUT2D eigenvalue weighted by Crippen LogP contribution is -2.32. The summed E-state index contributed by atoms with van der Waals surface area (Å²) in [5, 5.41) is 2.93. The predicted octanol–water partition coefficient (Wildman–Crippen LogP) is 2.00. The quantitative estimate of drug-likeness (QED) is 0.792. The van der Waals surface area contributed by atoms with Crippen molar-refractivity contribution in [2.75, 3.05) is 0 Å². The van der Waals surface area contributed by atoms with E-state index in [2.05, 4.69) is 17.2 Å². The van der Waals surface area contributed by atoms with E-state index in [0.717, 1.165) is 12.8 Å². The minimum atomic E-state index is -0.0200. The van der Waals surface area contributed by atoms with Crippen LogP contribution < -0.4 is 5.32 Å². The number of rotatable bonds is 4. The van der Waals surface area contributed by atoms with E-state index in [-0.39, 0.29) is 11.9 Å². The van der Waals surface area contributed by atoms with Crippen LogP contribution in [0.2, 0.25) is 0 Å². The van der Waals surface area contributed by atoms with Gasteiger partial charge in [0, 0.05) is 24.0 Å². The topological polar surface area (TPSA) is 42.0 Å². The molecule has 76 valence electrons. The Bertz CT molecular complexity index is 285. The Morgan fingerprint density at radius 1 is 1.50 bits per heavy atom. The zero-order chi connectivity index (χ0) is 10.4. The fourth-order valence-corrected chi connectivity index (χ4v) is 1.32. The number of amides is 1. The average Bonchev–Trinajstić information content (AvgIpc) is 2.19. The number of carbonyl (C=O) groups is 1. The predicted molar refractivity (Wildman–Crippen MR) is 56.1 cm³/mol. The molecule has 1 rings (SSSR count). The first kappa shape index (κ1) is 10.7. The molecule has 0 spiro atoms. The summed E-state index contributed by atoms with van der Waals surface area (Å²) in [5.74, 6) is -0.0200. The van der Waals surface area contributed by atoms with Gasteiger partial charge in [-0.2, -0.15) is 0 Å². The molecule has 14 heavy (non-hydrogen) atoms. The lowest BCUT2D eigenvalue weighted by atomic mass is 10.2. The Hall–Kier alpha value is -1.38. The van der Waals surface area contributed by atoms with Gasteiger partial charge < -0.3 is 5.32 Å². The first-order valence-electron chi connectivity index (χ1n) is 4.95. The second kappa shape index (κ2) is 5.37. The number of nitrogens with one attached hydrogen (secondary N) is 1. The SMILES string of the molecule is CCC[C@@H](C)NC(=O)c1ccncc1. The standard InChI is InChI=1S/C11H16N2O/c1-3-4-9(2)13-11(14)10-5-7-12-8-6-10/h5-9H,3-4H2,1-2H3,(H,13,14)/t9-/m1/s1. The van der Waals surface area contributed by atoms with Crippen LogP contribution in [0.4, 0.5) is 0 Å². The molecule has 3 heteroatoms. The van der Waals surface area contributed by atoms with E-state index in [9.17, 15) is 4.79 Å². The maximum absolute atomic E-state index is 11.6. The fourth-order valence-electron chi connectivity index (χ4n) is 1.32. The van der Waals surface area contributed by atoms with Crippen molar-refractivity contribution in [2.45, 2.75) is 32.7 Å². The molecular weight excluding hydrogens is 176 g/mol. The van der Waals surface area contributed by atoms with Crippen molar-refractivity contribution in [3.05, 3.63) is 30.1 Å². The first-order chi connectivity index (χ1) is 6.74. The molecule has 0 aliphatic carbocycles. The van der Waals surface area contributed by atoms with Gasteiger partial charge in [-0.05, 0) is 25.5 Å². The summed E-state index contributed by atoms with van der Waals surface area (Å²) >= 11 is 0. The van der Waals surface area contributed by atoms with Gasteiger partial charge in [-0.15, -0.1) is 0 Å². The van der Waals surface area contributed by atoms with Gasteiger partial charge in [-0.1, -0.05) is 13.3 Å². The van der Waals surface area contributed by atoms with Gasteiger partial charge in [0.05, 0.1) is 0 Å². The van der Waals surface area contributed by atoms with Crippen molar-refractivity contribution < 1.29 is 4.79 Å². The molecule has 3 nitrogen and oxygen atoms in total. The molecule has 0 saturated heterocycles. The van der Waals surface area contributed by atoms with Crippen LogP contribution >= 0.6 is 0 Å². The molecular formula is C11H16N2O. The summed E-state index contributed by atoms with van der Waals surface area (Å²) in [6, 6.07) is 3.67. The Morgan fingerprint density at radius 3 is 2.71 bits per heavy atom. The number of hydrogen-bond donors (Lipinski definition) is 1. The Balaban J connectivity index is 2.51. The monoisotopic (exact) mass is 192 g/mol. The smallest absolute Gasteiger partial charge is 0.251 e. The molecule has 1 atom stereocenters. The maximum atomic E-state index is 11.6. The molecule has 0 aromatic carbocycles. The van der Waals surface area contributed by atoms with Gasteiger partial charge in [0.25, 0.3) is 5.91 Å². The lowest BCUT2D eigenvalue weighted by molar-refractivity contribution is 0.0938. The minimum absolute atomic E-state index is 0.0200. The van der Waals surface area contributed by atoms with Crippen molar-refractivity contribution in [2.24, 2.45) is 0 Å². The molecule has 1 N–H and O–H groups in total. The van der Waals surface area contributed by atoms with E-state index >= 15 is 0 Å². The highest BCUT2D eigenvalue weighted by atomic mass is 16.1. The third kappa shape index (κ3) is 3.17. The van der Waals surface area contributed by atoms with Gasteiger partial charge in [-0.25, -0.2) is 0 Å². The number of nitrogens with zero attached hydrogens (tertiary/aromatic N) is 1. The normalized spacial score (nSPS) is 12.1. The molecule has 0 fully saturated rings. The first-order valence-corrected chi connectivity index (χ1v) is 4.95. The van der Waals surface area contributed by atoms with Crippen LogP contribution in [-0.2, 0) is 0 Å². The summed E-state index contributed by atoms with van der Waals surface area (Å²) in [7, 11) is 0. The molecule has 0 aliphatic rings. The zero-order valence-electron chi connectivity index (χ0n) is 8.66. The number of aromatic nitrogens is 1.